The highest BCUT2D eigenvalue weighted by Gasteiger charge is 2.43. The average Bonchev–Trinajstić information content (AvgIpc) is 2.91. The Balaban J connectivity index is 2.04. The van der Waals surface area contributed by atoms with Gasteiger partial charge in [0.15, 0.2) is 5.78 Å². The minimum Gasteiger partial charge on any atom is -0.497 e. The van der Waals surface area contributed by atoms with Crippen molar-refractivity contribution in [3.8, 4) is 11.5 Å². The van der Waals surface area contributed by atoms with Crippen LogP contribution in [-0.2, 0) is 9.59 Å². The van der Waals surface area contributed by atoms with Crippen molar-refractivity contribution in [3.05, 3.63) is 59.3 Å². The number of allylic oxidation sites excluding steroid dienone is 1. The van der Waals surface area contributed by atoms with E-state index in [4.69, 9.17) is 9.47 Å². The number of hydrogen-bond acceptors (Lipinski definition) is 5. The second kappa shape index (κ2) is 8.34. The molecule has 1 amide bonds. The largest absolute Gasteiger partial charge is 0.497 e. The van der Waals surface area contributed by atoms with Crippen LogP contribution in [0.5, 0.6) is 11.5 Å². The molecule has 1 aliphatic carbocycles. The molecule has 0 saturated carbocycles. The van der Waals surface area contributed by atoms with Gasteiger partial charge in [-0.05, 0) is 36.1 Å². The van der Waals surface area contributed by atoms with E-state index in [2.05, 4.69) is 19.2 Å². The van der Waals surface area contributed by atoms with Gasteiger partial charge in [-0.2, -0.15) is 0 Å². The fourth-order valence-corrected chi connectivity index (χ4v) is 4.77. The van der Waals surface area contributed by atoms with E-state index < -0.39 is 6.04 Å². The number of anilines is 2. The van der Waals surface area contributed by atoms with Crippen molar-refractivity contribution in [3.63, 3.8) is 0 Å². The molecule has 0 aromatic heterocycles. The van der Waals surface area contributed by atoms with Gasteiger partial charge in [0.1, 0.15) is 11.5 Å². The smallest absolute Gasteiger partial charge is 0.227 e. The molecule has 1 unspecified atom stereocenters. The Morgan fingerprint density at radius 3 is 2.56 bits per heavy atom. The summed E-state index contributed by atoms with van der Waals surface area (Å²) in [6.45, 7) is 6.04. The van der Waals surface area contributed by atoms with E-state index in [1.54, 1.807) is 25.2 Å². The van der Waals surface area contributed by atoms with Crippen molar-refractivity contribution in [2.45, 2.75) is 46.1 Å². The van der Waals surface area contributed by atoms with Crippen LogP contribution in [0.3, 0.4) is 0 Å². The van der Waals surface area contributed by atoms with Crippen LogP contribution in [0.25, 0.3) is 0 Å². The lowest BCUT2D eigenvalue weighted by Gasteiger charge is -2.37. The first-order valence-corrected chi connectivity index (χ1v) is 11.0. The number of rotatable bonds is 4. The average molecular weight is 435 g/mol. The van der Waals surface area contributed by atoms with Crippen LogP contribution in [0.2, 0.25) is 0 Å². The van der Waals surface area contributed by atoms with E-state index in [9.17, 15) is 9.59 Å². The lowest BCUT2D eigenvalue weighted by atomic mass is 9.73. The Bertz CT molecular complexity index is 1100. The number of methoxy groups -OCH3 is 2. The van der Waals surface area contributed by atoms with Gasteiger partial charge >= 0.3 is 0 Å². The van der Waals surface area contributed by atoms with E-state index in [-0.39, 0.29) is 17.1 Å². The lowest BCUT2D eigenvalue weighted by molar-refractivity contribution is -0.119. The fourth-order valence-electron chi connectivity index (χ4n) is 4.77. The number of hydrogen-bond donors (Lipinski definition) is 1. The Hall–Kier alpha value is -3.28. The Morgan fingerprint density at radius 1 is 1.12 bits per heavy atom. The zero-order valence-corrected chi connectivity index (χ0v) is 19.3. The van der Waals surface area contributed by atoms with E-state index in [1.807, 2.05) is 43.3 Å². The molecule has 1 N–H and O–H groups in total. The monoisotopic (exact) mass is 434 g/mol. The highest BCUT2D eigenvalue weighted by molar-refractivity contribution is 6.06. The maximum Gasteiger partial charge on any atom is 0.227 e. The SMILES string of the molecule is CCC(=O)N1c2ccccc2NC2=C(C(=O)CC(C)(C)C2)C1c1ccc(OC)cc1OC. The van der Waals surface area contributed by atoms with Crippen LogP contribution >= 0.6 is 0 Å². The molecule has 0 bridgehead atoms. The van der Waals surface area contributed by atoms with Gasteiger partial charge < -0.3 is 14.8 Å². The van der Waals surface area contributed by atoms with Gasteiger partial charge in [-0.1, -0.05) is 32.9 Å². The zero-order chi connectivity index (χ0) is 23.0. The third-order valence-electron chi connectivity index (χ3n) is 6.21. The van der Waals surface area contributed by atoms with E-state index in [1.165, 1.54) is 0 Å². The van der Waals surface area contributed by atoms with Gasteiger partial charge in [-0.3, -0.25) is 14.5 Å². The van der Waals surface area contributed by atoms with E-state index in [0.29, 0.717) is 36.3 Å². The van der Waals surface area contributed by atoms with Crippen molar-refractivity contribution in [1.82, 2.24) is 0 Å². The zero-order valence-electron chi connectivity index (χ0n) is 19.3. The molecule has 0 spiro atoms. The second-order valence-electron chi connectivity index (χ2n) is 9.10. The Labute approximate surface area is 189 Å². The van der Waals surface area contributed by atoms with E-state index in [0.717, 1.165) is 22.6 Å². The van der Waals surface area contributed by atoms with Gasteiger partial charge in [-0.15, -0.1) is 0 Å². The first kappa shape index (κ1) is 21.9. The van der Waals surface area contributed by atoms with Crippen molar-refractivity contribution in [2.24, 2.45) is 5.41 Å². The highest BCUT2D eigenvalue weighted by atomic mass is 16.5. The molecule has 1 heterocycles. The normalized spacial score (nSPS) is 19.5. The summed E-state index contributed by atoms with van der Waals surface area (Å²) < 4.78 is 11.1. The number of ether oxygens (including phenoxy) is 2. The van der Waals surface area contributed by atoms with Gasteiger partial charge in [-0.25, -0.2) is 0 Å². The number of benzene rings is 2. The maximum atomic E-state index is 13.6. The molecule has 1 aliphatic heterocycles. The Morgan fingerprint density at radius 2 is 1.88 bits per heavy atom. The summed E-state index contributed by atoms with van der Waals surface area (Å²) in [6.07, 6.45) is 1.45. The Kier molecular flexibility index (Phi) is 5.71. The van der Waals surface area contributed by atoms with Crippen LogP contribution < -0.4 is 19.7 Å². The molecule has 6 heteroatoms. The van der Waals surface area contributed by atoms with Gasteiger partial charge in [0, 0.05) is 35.7 Å². The van der Waals surface area contributed by atoms with Crippen molar-refractivity contribution < 1.29 is 19.1 Å². The van der Waals surface area contributed by atoms with Crippen molar-refractivity contribution in [2.75, 3.05) is 24.4 Å². The lowest BCUT2D eigenvalue weighted by Crippen LogP contribution is -2.39. The molecule has 2 aromatic rings. The van der Waals surface area contributed by atoms with Gasteiger partial charge in [0.25, 0.3) is 0 Å². The van der Waals surface area contributed by atoms with Crippen molar-refractivity contribution in [1.29, 1.82) is 0 Å². The van der Waals surface area contributed by atoms with Crippen LogP contribution in [0.1, 0.15) is 51.6 Å². The van der Waals surface area contributed by atoms with Gasteiger partial charge in [0.2, 0.25) is 5.91 Å². The standard InChI is InChI=1S/C26H30N2O4/c1-6-23(30)28-20-10-8-7-9-18(20)27-19-14-26(2,3)15-21(29)24(19)25(28)17-12-11-16(31-4)13-22(17)32-5/h7-13,25,27H,6,14-15H2,1-5H3. The number of nitrogens with one attached hydrogen (secondary N) is 1. The minimum atomic E-state index is -0.599. The number of carbonyl (C=O) groups excluding carboxylic acids is 2. The number of amides is 1. The molecule has 1 atom stereocenters. The second-order valence-corrected chi connectivity index (χ2v) is 9.10. The molecule has 168 valence electrons. The summed E-state index contributed by atoms with van der Waals surface area (Å²) in [4.78, 5) is 28.8. The summed E-state index contributed by atoms with van der Waals surface area (Å²) in [6, 6.07) is 12.7. The molecule has 4 rings (SSSR count). The number of para-hydroxylation sites is 2. The molecule has 6 nitrogen and oxygen atoms in total. The minimum absolute atomic E-state index is 0.0494. The molecule has 0 saturated heterocycles. The predicted octanol–water partition coefficient (Wildman–Crippen LogP) is 5.26. The quantitative estimate of drug-likeness (QED) is 0.711. The first-order chi connectivity index (χ1) is 15.3. The summed E-state index contributed by atoms with van der Waals surface area (Å²) >= 11 is 0. The third-order valence-corrected chi connectivity index (χ3v) is 6.21. The molecular weight excluding hydrogens is 404 g/mol. The van der Waals surface area contributed by atoms with Crippen LogP contribution in [0, 0.1) is 5.41 Å². The number of Topliss-reactive ketones (excluding diaryl/α,β-unsaturated/α-hetero) is 1. The molecule has 32 heavy (non-hydrogen) atoms. The van der Waals surface area contributed by atoms with Crippen molar-refractivity contribution >= 4 is 23.1 Å². The third kappa shape index (κ3) is 3.74. The summed E-state index contributed by atoms with van der Waals surface area (Å²) in [7, 11) is 3.19. The number of fused-ring (bicyclic) bond motifs is 1. The molecular formula is C26H30N2O4. The molecule has 0 fully saturated rings. The van der Waals surface area contributed by atoms with Gasteiger partial charge in [0.05, 0.1) is 31.6 Å². The number of nitrogens with zero attached hydrogens (tertiary/aromatic N) is 1. The summed E-state index contributed by atoms with van der Waals surface area (Å²) in [5.74, 6) is 1.21. The van der Waals surface area contributed by atoms with E-state index >= 15 is 0 Å². The number of carbonyl (C=O) groups is 2. The first-order valence-electron chi connectivity index (χ1n) is 11.0. The van der Waals surface area contributed by atoms with Crippen LogP contribution in [0.15, 0.2) is 53.7 Å². The highest BCUT2D eigenvalue weighted by Crippen LogP contribution is 2.50. The van der Waals surface area contributed by atoms with Crippen LogP contribution in [0.4, 0.5) is 11.4 Å². The molecule has 0 radical (unpaired) electrons. The number of ketones is 1. The molecule has 2 aliphatic rings. The predicted molar refractivity (Wildman–Crippen MR) is 125 cm³/mol. The summed E-state index contributed by atoms with van der Waals surface area (Å²) in [5, 5.41) is 3.52. The topological polar surface area (TPSA) is 67.9 Å². The summed E-state index contributed by atoms with van der Waals surface area (Å²) in [5.41, 5.74) is 3.66. The molecule has 2 aromatic carbocycles. The van der Waals surface area contributed by atoms with Crippen LogP contribution in [-0.4, -0.2) is 25.9 Å². The maximum absolute atomic E-state index is 13.6. The fraction of sp³-hybridized carbons (Fsp3) is 0.385.